The van der Waals surface area contributed by atoms with Gasteiger partial charge < -0.3 is 5.73 Å². The van der Waals surface area contributed by atoms with Gasteiger partial charge in [0.15, 0.2) is 0 Å². The smallest absolute Gasteiger partial charge is 0.0172 e. The number of aryl methyl sites for hydroxylation is 1. The average Bonchev–Trinajstić information content (AvgIpc) is 2.42. The quantitative estimate of drug-likeness (QED) is 0.880. The van der Waals surface area contributed by atoms with E-state index in [1.807, 2.05) is 6.07 Å². The molecule has 2 rings (SSSR count). The molecule has 2 aromatic rings. The van der Waals surface area contributed by atoms with E-state index in [9.17, 15) is 0 Å². The summed E-state index contributed by atoms with van der Waals surface area (Å²) in [5, 5.41) is 0. The Bertz CT molecular complexity index is 511. The lowest BCUT2D eigenvalue weighted by Crippen LogP contribution is -2.42. The molecular formula is C18H23N. The number of benzene rings is 2. The van der Waals surface area contributed by atoms with Crippen LogP contribution in [0.2, 0.25) is 0 Å². The first-order valence-corrected chi connectivity index (χ1v) is 6.87. The van der Waals surface area contributed by atoms with Crippen molar-refractivity contribution >= 4 is 0 Å². The highest BCUT2D eigenvalue weighted by Gasteiger charge is 2.28. The van der Waals surface area contributed by atoms with Gasteiger partial charge in [0.1, 0.15) is 0 Å². The fourth-order valence-electron chi connectivity index (χ4n) is 2.32. The van der Waals surface area contributed by atoms with Gasteiger partial charge in [-0.2, -0.15) is 0 Å². The number of rotatable bonds is 4. The van der Waals surface area contributed by atoms with Gasteiger partial charge in [0, 0.05) is 11.5 Å². The highest BCUT2D eigenvalue weighted by Crippen LogP contribution is 2.27. The largest absolute Gasteiger partial charge is 0.327 e. The molecule has 19 heavy (non-hydrogen) atoms. The van der Waals surface area contributed by atoms with Crippen molar-refractivity contribution in [2.24, 2.45) is 5.73 Å². The second-order valence-electron chi connectivity index (χ2n) is 5.88. The van der Waals surface area contributed by atoms with E-state index in [1.165, 1.54) is 16.7 Å². The van der Waals surface area contributed by atoms with Gasteiger partial charge in [-0.05, 0) is 24.5 Å². The van der Waals surface area contributed by atoms with E-state index in [2.05, 4.69) is 69.3 Å². The molecular weight excluding hydrogens is 230 g/mol. The van der Waals surface area contributed by atoms with Crippen LogP contribution in [0.5, 0.6) is 0 Å². The summed E-state index contributed by atoms with van der Waals surface area (Å²) in [6.07, 6.45) is 0.905. The molecule has 1 nitrogen and oxygen atoms in total. The van der Waals surface area contributed by atoms with Gasteiger partial charge in [0.25, 0.3) is 0 Å². The van der Waals surface area contributed by atoms with Crippen LogP contribution < -0.4 is 5.73 Å². The maximum atomic E-state index is 6.45. The molecule has 0 fully saturated rings. The Morgan fingerprint density at radius 2 is 1.53 bits per heavy atom. The minimum absolute atomic E-state index is 0.0217. The standard InChI is InChI=1S/C18H23N/c1-14-9-11-15(12-10-14)13-17(19)18(2,3)16-7-5-4-6-8-16/h4-12,17H,13,19H2,1-3H3. The van der Waals surface area contributed by atoms with Crippen molar-refractivity contribution < 1.29 is 0 Å². The van der Waals surface area contributed by atoms with E-state index in [-0.39, 0.29) is 11.5 Å². The van der Waals surface area contributed by atoms with Crippen LogP contribution >= 0.6 is 0 Å². The first-order valence-electron chi connectivity index (χ1n) is 6.87. The molecule has 100 valence electrons. The molecule has 0 spiro atoms. The SMILES string of the molecule is Cc1ccc(CC(N)C(C)(C)c2ccccc2)cc1. The van der Waals surface area contributed by atoms with Crippen LogP contribution in [0.15, 0.2) is 54.6 Å². The van der Waals surface area contributed by atoms with Gasteiger partial charge >= 0.3 is 0 Å². The second-order valence-corrected chi connectivity index (χ2v) is 5.88. The van der Waals surface area contributed by atoms with Crippen LogP contribution in [-0.4, -0.2) is 6.04 Å². The number of hydrogen-bond acceptors (Lipinski definition) is 1. The Labute approximate surface area is 116 Å². The van der Waals surface area contributed by atoms with Crippen LogP contribution in [0.4, 0.5) is 0 Å². The van der Waals surface area contributed by atoms with Crippen molar-refractivity contribution in [1.82, 2.24) is 0 Å². The minimum Gasteiger partial charge on any atom is -0.327 e. The molecule has 0 heterocycles. The summed E-state index contributed by atoms with van der Waals surface area (Å²) in [7, 11) is 0. The Morgan fingerprint density at radius 1 is 0.947 bits per heavy atom. The molecule has 0 saturated carbocycles. The molecule has 0 aliphatic heterocycles. The van der Waals surface area contributed by atoms with Crippen molar-refractivity contribution in [1.29, 1.82) is 0 Å². The fraction of sp³-hybridized carbons (Fsp3) is 0.333. The molecule has 2 aromatic carbocycles. The Kier molecular flexibility index (Phi) is 4.06. The van der Waals surface area contributed by atoms with Crippen molar-refractivity contribution in [3.05, 3.63) is 71.3 Å². The van der Waals surface area contributed by atoms with Gasteiger partial charge in [-0.3, -0.25) is 0 Å². The predicted molar refractivity (Wildman–Crippen MR) is 82.3 cm³/mol. The first kappa shape index (κ1) is 13.8. The summed E-state index contributed by atoms with van der Waals surface area (Å²) in [5.41, 5.74) is 10.3. The van der Waals surface area contributed by atoms with E-state index in [1.54, 1.807) is 0 Å². The lowest BCUT2D eigenvalue weighted by molar-refractivity contribution is 0.406. The van der Waals surface area contributed by atoms with Crippen molar-refractivity contribution in [2.75, 3.05) is 0 Å². The molecule has 0 saturated heterocycles. The van der Waals surface area contributed by atoms with Crippen molar-refractivity contribution in [3.63, 3.8) is 0 Å². The van der Waals surface area contributed by atoms with Gasteiger partial charge in [-0.15, -0.1) is 0 Å². The summed E-state index contributed by atoms with van der Waals surface area (Å²) in [6.45, 7) is 6.56. The monoisotopic (exact) mass is 253 g/mol. The molecule has 2 N–H and O–H groups in total. The molecule has 0 aromatic heterocycles. The first-order chi connectivity index (χ1) is 9.00. The number of hydrogen-bond donors (Lipinski definition) is 1. The van der Waals surface area contributed by atoms with Crippen molar-refractivity contribution in [3.8, 4) is 0 Å². The van der Waals surface area contributed by atoms with Gasteiger partial charge in [-0.1, -0.05) is 74.0 Å². The van der Waals surface area contributed by atoms with E-state index < -0.39 is 0 Å². The summed E-state index contributed by atoms with van der Waals surface area (Å²) < 4.78 is 0. The van der Waals surface area contributed by atoms with Crippen LogP contribution in [0.1, 0.15) is 30.5 Å². The summed E-state index contributed by atoms with van der Waals surface area (Å²) in [4.78, 5) is 0. The van der Waals surface area contributed by atoms with Gasteiger partial charge in [-0.25, -0.2) is 0 Å². The Balaban J connectivity index is 2.15. The maximum absolute atomic E-state index is 6.45. The van der Waals surface area contributed by atoms with Gasteiger partial charge in [0.2, 0.25) is 0 Å². The molecule has 0 aliphatic rings. The summed E-state index contributed by atoms with van der Waals surface area (Å²) in [5.74, 6) is 0. The lowest BCUT2D eigenvalue weighted by Gasteiger charge is -2.32. The van der Waals surface area contributed by atoms with E-state index in [0.29, 0.717) is 0 Å². The zero-order valence-electron chi connectivity index (χ0n) is 12.1. The molecule has 0 amide bonds. The number of nitrogens with two attached hydrogens (primary N) is 1. The maximum Gasteiger partial charge on any atom is 0.0172 e. The lowest BCUT2D eigenvalue weighted by atomic mass is 9.76. The van der Waals surface area contributed by atoms with Crippen LogP contribution in [0, 0.1) is 6.92 Å². The zero-order chi connectivity index (χ0) is 13.9. The zero-order valence-corrected chi connectivity index (χ0v) is 12.1. The third-order valence-corrected chi connectivity index (χ3v) is 4.02. The van der Waals surface area contributed by atoms with Crippen LogP contribution in [0.25, 0.3) is 0 Å². The van der Waals surface area contributed by atoms with Crippen LogP contribution in [0.3, 0.4) is 0 Å². The van der Waals surface area contributed by atoms with Crippen molar-refractivity contribution in [2.45, 2.75) is 38.6 Å². The van der Waals surface area contributed by atoms with E-state index in [0.717, 1.165) is 6.42 Å². The summed E-state index contributed by atoms with van der Waals surface area (Å²) in [6, 6.07) is 19.3. The third-order valence-electron chi connectivity index (χ3n) is 4.02. The van der Waals surface area contributed by atoms with Crippen LogP contribution in [-0.2, 0) is 11.8 Å². The molecule has 1 atom stereocenters. The Hall–Kier alpha value is -1.60. The average molecular weight is 253 g/mol. The topological polar surface area (TPSA) is 26.0 Å². The molecule has 0 bridgehead atoms. The second kappa shape index (κ2) is 5.58. The van der Waals surface area contributed by atoms with E-state index >= 15 is 0 Å². The molecule has 0 aliphatic carbocycles. The fourth-order valence-corrected chi connectivity index (χ4v) is 2.32. The van der Waals surface area contributed by atoms with E-state index in [4.69, 9.17) is 5.73 Å². The molecule has 1 heteroatoms. The minimum atomic E-state index is -0.0217. The normalized spacial score (nSPS) is 13.3. The highest BCUT2D eigenvalue weighted by molar-refractivity contribution is 5.28. The molecule has 1 unspecified atom stereocenters. The third kappa shape index (κ3) is 3.24. The van der Waals surface area contributed by atoms with Gasteiger partial charge in [0.05, 0.1) is 0 Å². The summed E-state index contributed by atoms with van der Waals surface area (Å²) >= 11 is 0. The predicted octanol–water partition coefficient (Wildman–Crippen LogP) is 3.84. The Morgan fingerprint density at radius 3 is 2.11 bits per heavy atom. The molecule has 0 radical (unpaired) electrons. The highest BCUT2D eigenvalue weighted by atomic mass is 14.7.